The highest BCUT2D eigenvalue weighted by atomic mass is 79.9. The molecule has 5 nitrogen and oxygen atoms in total. The molecule has 0 unspecified atom stereocenters. The molecular formula is C31H37BrN2O3. The Balaban J connectivity index is 1.88. The molecule has 3 rings (SSSR count). The smallest absolute Gasteiger partial charge is 0.261 e. The van der Waals surface area contributed by atoms with Gasteiger partial charge in [0.15, 0.2) is 6.61 Å². The predicted molar refractivity (Wildman–Crippen MR) is 153 cm³/mol. The summed E-state index contributed by atoms with van der Waals surface area (Å²) in [5, 5.41) is 3.09. The first-order valence-electron chi connectivity index (χ1n) is 12.9. The van der Waals surface area contributed by atoms with Gasteiger partial charge in [-0.1, -0.05) is 91.3 Å². The maximum Gasteiger partial charge on any atom is 0.261 e. The Labute approximate surface area is 229 Å². The molecule has 0 spiro atoms. The predicted octanol–water partition coefficient (Wildman–Crippen LogP) is 6.51. The van der Waals surface area contributed by atoms with E-state index < -0.39 is 6.04 Å². The largest absolute Gasteiger partial charge is 0.484 e. The molecule has 0 saturated heterocycles. The number of carbonyl (C=O) groups is 2. The molecule has 37 heavy (non-hydrogen) atoms. The summed E-state index contributed by atoms with van der Waals surface area (Å²) in [7, 11) is 0. The van der Waals surface area contributed by atoms with Gasteiger partial charge in [-0.2, -0.15) is 0 Å². The molecule has 2 amide bonds. The van der Waals surface area contributed by atoms with Gasteiger partial charge >= 0.3 is 0 Å². The zero-order valence-electron chi connectivity index (χ0n) is 22.1. The van der Waals surface area contributed by atoms with E-state index in [1.807, 2.05) is 92.7 Å². The van der Waals surface area contributed by atoms with Crippen LogP contribution in [0.25, 0.3) is 0 Å². The lowest BCUT2D eigenvalue weighted by molar-refractivity contribution is -0.143. The monoisotopic (exact) mass is 564 g/mol. The van der Waals surface area contributed by atoms with Gasteiger partial charge in [-0.3, -0.25) is 9.59 Å². The molecule has 0 aliphatic heterocycles. The van der Waals surface area contributed by atoms with Crippen LogP contribution in [0.4, 0.5) is 0 Å². The summed E-state index contributed by atoms with van der Waals surface area (Å²) < 4.78 is 6.85. The van der Waals surface area contributed by atoms with Gasteiger partial charge in [-0.05, 0) is 60.2 Å². The first kappa shape index (κ1) is 28.5. The van der Waals surface area contributed by atoms with Gasteiger partial charge in [0, 0.05) is 23.5 Å². The summed E-state index contributed by atoms with van der Waals surface area (Å²) in [6, 6.07) is 24.7. The molecule has 1 N–H and O–H groups in total. The highest BCUT2D eigenvalue weighted by molar-refractivity contribution is 9.10. The Morgan fingerprint density at radius 3 is 2.14 bits per heavy atom. The van der Waals surface area contributed by atoms with Gasteiger partial charge in [-0.25, -0.2) is 0 Å². The number of ether oxygens (including phenoxy) is 1. The van der Waals surface area contributed by atoms with Crippen LogP contribution in [0.5, 0.6) is 5.75 Å². The van der Waals surface area contributed by atoms with E-state index in [0.717, 1.165) is 22.0 Å². The third-order valence-corrected chi connectivity index (χ3v) is 6.98. The van der Waals surface area contributed by atoms with Crippen LogP contribution in [0.2, 0.25) is 0 Å². The van der Waals surface area contributed by atoms with Gasteiger partial charge in [-0.15, -0.1) is 0 Å². The highest BCUT2D eigenvalue weighted by Crippen LogP contribution is 2.20. The maximum atomic E-state index is 13.7. The van der Waals surface area contributed by atoms with Crippen LogP contribution in [0, 0.1) is 0 Å². The fourth-order valence-electron chi connectivity index (χ4n) is 3.96. The number of hydrogen-bond acceptors (Lipinski definition) is 3. The van der Waals surface area contributed by atoms with Gasteiger partial charge < -0.3 is 15.0 Å². The molecule has 0 radical (unpaired) electrons. The summed E-state index contributed by atoms with van der Waals surface area (Å²) in [5.74, 6) is 0.644. The first-order valence-corrected chi connectivity index (χ1v) is 13.7. The molecule has 0 bridgehead atoms. The Bertz CT molecular complexity index is 1130. The van der Waals surface area contributed by atoms with Crippen molar-refractivity contribution in [3.63, 3.8) is 0 Å². The van der Waals surface area contributed by atoms with Crippen LogP contribution in [0.1, 0.15) is 56.7 Å². The third-order valence-electron chi connectivity index (χ3n) is 6.45. The van der Waals surface area contributed by atoms with Crippen LogP contribution in [-0.4, -0.2) is 35.4 Å². The molecule has 0 saturated carbocycles. The van der Waals surface area contributed by atoms with Crippen LogP contribution in [0.3, 0.4) is 0 Å². The number of amides is 2. The van der Waals surface area contributed by atoms with E-state index in [0.29, 0.717) is 24.6 Å². The normalized spacial score (nSPS) is 12.6. The molecule has 0 heterocycles. The second-order valence-corrected chi connectivity index (χ2v) is 10.6. The molecule has 0 aromatic heterocycles. The lowest BCUT2D eigenvalue weighted by Gasteiger charge is -2.32. The lowest BCUT2D eigenvalue weighted by Crippen LogP contribution is -2.53. The van der Waals surface area contributed by atoms with Crippen molar-refractivity contribution in [2.24, 2.45) is 0 Å². The molecular weight excluding hydrogens is 528 g/mol. The van der Waals surface area contributed by atoms with Gasteiger partial charge in [0.05, 0.1) is 0 Å². The fraction of sp³-hybridized carbons (Fsp3) is 0.355. The van der Waals surface area contributed by atoms with Crippen molar-refractivity contribution in [2.75, 3.05) is 6.61 Å². The Hall–Kier alpha value is -3.12. The van der Waals surface area contributed by atoms with Crippen molar-refractivity contribution in [1.82, 2.24) is 10.2 Å². The van der Waals surface area contributed by atoms with Crippen molar-refractivity contribution in [2.45, 2.75) is 65.1 Å². The number of carbonyl (C=O) groups excluding carboxylic acids is 2. The summed E-state index contributed by atoms with van der Waals surface area (Å²) in [6.45, 7) is 8.42. The average molecular weight is 566 g/mol. The zero-order chi connectivity index (χ0) is 26.8. The number of benzene rings is 3. The topological polar surface area (TPSA) is 58.6 Å². The van der Waals surface area contributed by atoms with E-state index in [2.05, 4.69) is 35.1 Å². The fourth-order valence-corrected chi connectivity index (χ4v) is 4.22. The quantitative estimate of drug-likeness (QED) is 0.273. The van der Waals surface area contributed by atoms with Gasteiger partial charge in [0.1, 0.15) is 11.8 Å². The zero-order valence-corrected chi connectivity index (χ0v) is 23.7. The standard InChI is InChI=1S/C31H37BrN2O3/c1-5-23(4)33-31(36)29(19-24-9-7-6-8-10-24)34(20-25-11-15-27(32)16-12-25)30(35)21-37-28-17-13-26(14-18-28)22(2)3/h6-18,22-23,29H,5,19-21H2,1-4H3,(H,33,36)/t23-,29+/m0/s1. The van der Waals surface area contributed by atoms with E-state index in [9.17, 15) is 9.59 Å². The van der Waals surface area contributed by atoms with Crippen molar-refractivity contribution >= 4 is 27.7 Å². The van der Waals surface area contributed by atoms with Crippen LogP contribution in [0.15, 0.2) is 83.3 Å². The first-order chi connectivity index (χ1) is 17.8. The molecule has 3 aromatic carbocycles. The lowest BCUT2D eigenvalue weighted by atomic mass is 10.0. The average Bonchev–Trinajstić information content (AvgIpc) is 2.91. The van der Waals surface area contributed by atoms with E-state index >= 15 is 0 Å². The SMILES string of the molecule is CC[C@H](C)NC(=O)[C@@H](Cc1ccccc1)N(Cc1ccc(Br)cc1)C(=O)COc1ccc(C(C)C)cc1. The van der Waals surface area contributed by atoms with Gasteiger partial charge in [0.2, 0.25) is 5.91 Å². The molecule has 2 atom stereocenters. The second-order valence-electron chi connectivity index (χ2n) is 9.68. The van der Waals surface area contributed by atoms with Crippen molar-refractivity contribution in [3.05, 3.63) is 100 Å². The van der Waals surface area contributed by atoms with Crippen molar-refractivity contribution in [1.29, 1.82) is 0 Å². The number of hydrogen-bond donors (Lipinski definition) is 1. The van der Waals surface area contributed by atoms with Crippen LogP contribution >= 0.6 is 15.9 Å². The van der Waals surface area contributed by atoms with E-state index in [1.54, 1.807) is 4.90 Å². The molecule has 0 fully saturated rings. The number of rotatable bonds is 12. The molecule has 0 aliphatic carbocycles. The van der Waals surface area contributed by atoms with Crippen LogP contribution < -0.4 is 10.1 Å². The summed E-state index contributed by atoms with van der Waals surface area (Å²) >= 11 is 3.47. The van der Waals surface area contributed by atoms with E-state index in [4.69, 9.17) is 4.74 Å². The Morgan fingerprint density at radius 1 is 0.892 bits per heavy atom. The number of halogens is 1. The van der Waals surface area contributed by atoms with Gasteiger partial charge in [0.25, 0.3) is 5.91 Å². The minimum atomic E-state index is -0.681. The molecule has 196 valence electrons. The maximum absolute atomic E-state index is 13.7. The molecule has 0 aliphatic rings. The minimum absolute atomic E-state index is 0.00567. The summed E-state index contributed by atoms with van der Waals surface area (Å²) in [4.78, 5) is 28.8. The Kier molecular flexibility index (Phi) is 10.8. The number of nitrogens with one attached hydrogen (secondary N) is 1. The van der Waals surface area contributed by atoms with E-state index in [-0.39, 0.29) is 24.5 Å². The van der Waals surface area contributed by atoms with Crippen molar-refractivity contribution < 1.29 is 14.3 Å². The Morgan fingerprint density at radius 2 is 1.54 bits per heavy atom. The van der Waals surface area contributed by atoms with Crippen LogP contribution in [-0.2, 0) is 22.6 Å². The molecule has 6 heteroatoms. The third kappa shape index (κ3) is 8.74. The summed E-state index contributed by atoms with van der Waals surface area (Å²) in [5.41, 5.74) is 3.14. The number of nitrogens with zero attached hydrogens (tertiary/aromatic N) is 1. The second kappa shape index (κ2) is 14.0. The highest BCUT2D eigenvalue weighted by Gasteiger charge is 2.31. The van der Waals surface area contributed by atoms with Crippen molar-refractivity contribution in [3.8, 4) is 5.75 Å². The van der Waals surface area contributed by atoms with E-state index in [1.165, 1.54) is 5.56 Å². The summed E-state index contributed by atoms with van der Waals surface area (Å²) in [6.07, 6.45) is 1.22. The molecule has 3 aromatic rings. The minimum Gasteiger partial charge on any atom is -0.484 e.